The maximum absolute atomic E-state index is 3.47. The first-order valence-electron chi connectivity index (χ1n) is 6.93. The third-order valence-corrected chi connectivity index (χ3v) is 4.24. The molecule has 16 heavy (non-hydrogen) atoms. The van der Waals surface area contributed by atoms with Crippen LogP contribution >= 0.6 is 0 Å². The fourth-order valence-corrected chi connectivity index (χ4v) is 3.29. The van der Waals surface area contributed by atoms with Crippen LogP contribution in [0.1, 0.15) is 33.6 Å². The van der Waals surface area contributed by atoms with Crippen LogP contribution in [0.4, 0.5) is 0 Å². The highest BCUT2D eigenvalue weighted by Gasteiger charge is 2.35. The van der Waals surface area contributed by atoms with Gasteiger partial charge >= 0.3 is 0 Å². The van der Waals surface area contributed by atoms with Gasteiger partial charge in [-0.1, -0.05) is 6.92 Å². The summed E-state index contributed by atoms with van der Waals surface area (Å²) in [5, 5.41) is 3.47. The van der Waals surface area contributed by atoms with E-state index in [-0.39, 0.29) is 0 Å². The van der Waals surface area contributed by atoms with Crippen molar-refractivity contribution in [3.63, 3.8) is 0 Å². The maximum atomic E-state index is 3.47. The van der Waals surface area contributed by atoms with E-state index in [4.69, 9.17) is 0 Å². The van der Waals surface area contributed by atoms with Crippen LogP contribution in [-0.4, -0.2) is 60.6 Å². The van der Waals surface area contributed by atoms with Crippen LogP contribution in [0.3, 0.4) is 0 Å². The monoisotopic (exact) mass is 225 g/mol. The number of hydrogen-bond donors (Lipinski definition) is 1. The Morgan fingerprint density at radius 1 is 1.38 bits per heavy atom. The quantitative estimate of drug-likeness (QED) is 0.774. The minimum atomic E-state index is 0.678. The Morgan fingerprint density at radius 2 is 2.19 bits per heavy atom. The third kappa shape index (κ3) is 2.58. The third-order valence-electron chi connectivity index (χ3n) is 4.24. The van der Waals surface area contributed by atoms with E-state index in [2.05, 4.69) is 35.9 Å². The van der Waals surface area contributed by atoms with E-state index in [1.165, 1.54) is 32.5 Å². The molecule has 2 aliphatic rings. The van der Waals surface area contributed by atoms with Gasteiger partial charge in [-0.15, -0.1) is 0 Å². The molecule has 3 atom stereocenters. The summed E-state index contributed by atoms with van der Waals surface area (Å²) in [6.45, 7) is 13.1. The molecule has 1 N–H and O–H groups in total. The molecular weight excluding hydrogens is 198 g/mol. The summed E-state index contributed by atoms with van der Waals surface area (Å²) in [6.07, 6.45) is 2.82. The van der Waals surface area contributed by atoms with Crippen molar-refractivity contribution in [2.75, 3.05) is 32.7 Å². The fourth-order valence-electron chi connectivity index (χ4n) is 3.29. The zero-order valence-corrected chi connectivity index (χ0v) is 11.1. The second kappa shape index (κ2) is 5.48. The van der Waals surface area contributed by atoms with Gasteiger partial charge in [-0.25, -0.2) is 0 Å². The van der Waals surface area contributed by atoms with Crippen molar-refractivity contribution in [3.8, 4) is 0 Å². The van der Waals surface area contributed by atoms with E-state index in [9.17, 15) is 0 Å². The highest BCUT2D eigenvalue weighted by molar-refractivity contribution is 4.92. The van der Waals surface area contributed by atoms with Crippen LogP contribution in [0.25, 0.3) is 0 Å². The molecule has 0 amide bonds. The number of fused-ring (bicyclic) bond motifs is 1. The lowest BCUT2D eigenvalue weighted by Gasteiger charge is -2.45. The van der Waals surface area contributed by atoms with Gasteiger partial charge in [0, 0.05) is 37.8 Å². The molecule has 0 spiro atoms. The highest BCUT2D eigenvalue weighted by Crippen LogP contribution is 2.25. The highest BCUT2D eigenvalue weighted by atomic mass is 15.3. The van der Waals surface area contributed by atoms with Gasteiger partial charge in [-0.3, -0.25) is 9.80 Å². The molecule has 0 aromatic heterocycles. The molecule has 2 fully saturated rings. The number of likely N-dealkylation sites (N-methyl/N-ethyl adjacent to an activating group) is 1. The predicted octanol–water partition coefficient (Wildman–Crippen LogP) is 1.15. The van der Waals surface area contributed by atoms with Crippen molar-refractivity contribution in [3.05, 3.63) is 0 Å². The van der Waals surface area contributed by atoms with Crippen LogP contribution in [-0.2, 0) is 0 Å². The molecule has 0 radical (unpaired) electrons. The van der Waals surface area contributed by atoms with Gasteiger partial charge in [0.1, 0.15) is 0 Å². The van der Waals surface area contributed by atoms with Crippen LogP contribution in [0.15, 0.2) is 0 Å². The minimum Gasteiger partial charge on any atom is -0.315 e. The first-order chi connectivity index (χ1) is 7.72. The smallest absolute Gasteiger partial charge is 0.0224 e. The summed E-state index contributed by atoms with van der Waals surface area (Å²) in [7, 11) is 0. The van der Waals surface area contributed by atoms with Crippen molar-refractivity contribution in [1.29, 1.82) is 0 Å². The Labute approximate surface area is 100 Å². The van der Waals surface area contributed by atoms with E-state index < -0.39 is 0 Å². The molecule has 3 heteroatoms. The minimum absolute atomic E-state index is 0.678. The number of rotatable bonds is 4. The van der Waals surface area contributed by atoms with Crippen molar-refractivity contribution in [2.45, 2.75) is 51.7 Å². The lowest BCUT2D eigenvalue weighted by atomic mass is 10.1. The van der Waals surface area contributed by atoms with Crippen molar-refractivity contribution < 1.29 is 0 Å². The van der Waals surface area contributed by atoms with E-state index in [0.29, 0.717) is 6.04 Å². The van der Waals surface area contributed by atoms with Crippen LogP contribution in [0.5, 0.6) is 0 Å². The van der Waals surface area contributed by atoms with Crippen molar-refractivity contribution in [2.24, 2.45) is 0 Å². The summed E-state index contributed by atoms with van der Waals surface area (Å²) in [6, 6.07) is 2.25. The van der Waals surface area contributed by atoms with Gasteiger partial charge in [-0.2, -0.15) is 0 Å². The zero-order chi connectivity index (χ0) is 11.5. The number of piperazine rings is 1. The number of nitrogens with one attached hydrogen (secondary N) is 1. The van der Waals surface area contributed by atoms with E-state index in [1.54, 1.807) is 0 Å². The summed E-state index contributed by atoms with van der Waals surface area (Å²) in [5.74, 6) is 0. The summed E-state index contributed by atoms with van der Waals surface area (Å²) in [4.78, 5) is 5.40. The number of hydrogen-bond acceptors (Lipinski definition) is 3. The van der Waals surface area contributed by atoms with Gasteiger partial charge in [0.2, 0.25) is 0 Å². The van der Waals surface area contributed by atoms with E-state index in [1.807, 2.05) is 0 Å². The normalized spacial score (nSPS) is 33.9. The summed E-state index contributed by atoms with van der Waals surface area (Å²) < 4.78 is 0. The SMILES string of the molecule is CCNCC(C)N1CC2CCCN2CC1C. The maximum Gasteiger partial charge on any atom is 0.0224 e. The molecule has 0 saturated carbocycles. The van der Waals surface area contributed by atoms with Gasteiger partial charge < -0.3 is 5.32 Å². The van der Waals surface area contributed by atoms with Gasteiger partial charge in [0.25, 0.3) is 0 Å². The van der Waals surface area contributed by atoms with Crippen LogP contribution < -0.4 is 5.32 Å². The summed E-state index contributed by atoms with van der Waals surface area (Å²) in [5.41, 5.74) is 0. The van der Waals surface area contributed by atoms with Crippen molar-refractivity contribution in [1.82, 2.24) is 15.1 Å². The Bertz CT molecular complexity index is 219. The van der Waals surface area contributed by atoms with E-state index in [0.717, 1.165) is 25.2 Å². The Morgan fingerprint density at radius 3 is 2.94 bits per heavy atom. The molecule has 2 saturated heterocycles. The Balaban J connectivity index is 1.88. The second-order valence-corrected chi connectivity index (χ2v) is 5.49. The molecule has 0 aromatic rings. The topological polar surface area (TPSA) is 18.5 Å². The zero-order valence-electron chi connectivity index (χ0n) is 11.1. The average molecular weight is 225 g/mol. The lowest BCUT2D eigenvalue weighted by Crippen LogP contribution is -2.58. The van der Waals surface area contributed by atoms with Gasteiger partial charge in [0.15, 0.2) is 0 Å². The van der Waals surface area contributed by atoms with Crippen molar-refractivity contribution >= 4 is 0 Å². The first kappa shape index (κ1) is 12.3. The molecule has 3 nitrogen and oxygen atoms in total. The molecular formula is C13H27N3. The predicted molar refractivity (Wildman–Crippen MR) is 68.8 cm³/mol. The molecule has 0 aliphatic carbocycles. The Hall–Kier alpha value is -0.120. The largest absolute Gasteiger partial charge is 0.315 e. The van der Waals surface area contributed by atoms with Gasteiger partial charge in [0.05, 0.1) is 0 Å². The summed E-state index contributed by atoms with van der Waals surface area (Å²) >= 11 is 0. The van der Waals surface area contributed by atoms with Gasteiger partial charge in [-0.05, 0) is 39.8 Å². The molecule has 0 aromatic carbocycles. The standard InChI is InChI=1S/C13H27N3/c1-4-14-8-11(2)16-10-13-6-5-7-15(13)9-12(16)3/h11-14H,4-10H2,1-3H3. The molecule has 94 valence electrons. The molecule has 3 unspecified atom stereocenters. The molecule has 2 rings (SSSR count). The number of nitrogens with zero attached hydrogens (tertiary/aromatic N) is 2. The first-order valence-corrected chi connectivity index (χ1v) is 6.93. The van der Waals surface area contributed by atoms with E-state index >= 15 is 0 Å². The lowest BCUT2D eigenvalue weighted by molar-refractivity contribution is 0.0333. The average Bonchev–Trinajstić information content (AvgIpc) is 2.71. The van der Waals surface area contributed by atoms with Crippen LogP contribution in [0.2, 0.25) is 0 Å². The Kier molecular flexibility index (Phi) is 4.22. The van der Waals surface area contributed by atoms with Crippen LogP contribution in [0, 0.1) is 0 Å². The second-order valence-electron chi connectivity index (χ2n) is 5.49. The fraction of sp³-hybridized carbons (Fsp3) is 1.00. The molecule has 2 heterocycles. The molecule has 2 aliphatic heterocycles. The molecule has 0 bridgehead atoms.